The molecule has 0 atom stereocenters. The lowest BCUT2D eigenvalue weighted by Gasteiger charge is -2.56. The SMILES string of the molecule is O=C(O)c1nn(C23CC4CC(CC(C4)C2)C3)cc1[N+](=O)[O-]. The Labute approximate surface area is 121 Å². The molecule has 0 aromatic carbocycles. The number of rotatable bonds is 3. The Hall–Kier alpha value is -1.92. The standard InChI is InChI=1S/C14H17N3O4/c18-13(19)12-11(17(20)21)7-16(15-12)14-4-8-1-9(5-14)3-10(2-8)6-14/h7-10H,1-6H2,(H,18,19). The zero-order valence-electron chi connectivity index (χ0n) is 11.6. The highest BCUT2D eigenvalue weighted by Crippen LogP contribution is 2.58. The van der Waals surface area contributed by atoms with E-state index in [0.29, 0.717) is 17.8 Å². The Kier molecular flexibility index (Phi) is 2.47. The fourth-order valence-corrected chi connectivity index (χ4v) is 5.24. The average molecular weight is 291 g/mol. The van der Waals surface area contributed by atoms with Crippen LogP contribution in [0.2, 0.25) is 0 Å². The fourth-order valence-electron chi connectivity index (χ4n) is 5.24. The van der Waals surface area contributed by atoms with Gasteiger partial charge < -0.3 is 5.11 Å². The van der Waals surface area contributed by atoms with E-state index >= 15 is 0 Å². The topological polar surface area (TPSA) is 98.3 Å². The number of carboxylic acids is 1. The molecule has 0 amide bonds. The summed E-state index contributed by atoms with van der Waals surface area (Å²) in [6, 6.07) is 0. The maximum atomic E-state index is 11.2. The van der Waals surface area contributed by atoms with Gasteiger partial charge in [-0.2, -0.15) is 5.10 Å². The van der Waals surface area contributed by atoms with E-state index in [4.69, 9.17) is 5.11 Å². The van der Waals surface area contributed by atoms with E-state index in [9.17, 15) is 14.9 Å². The Morgan fingerprint density at radius 1 is 1.29 bits per heavy atom. The monoisotopic (exact) mass is 291 g/mol. The smallest absolute Gasteiger partial charge is 0.363 e. The number of hydrogen-bond acceptors (Lipinski definition) is 4. The van der Waals surface area contributed by atoms with Crippen molar-refractivity contribution in [1.29, 1.82) is 0 Å². The van der Waals surface area contributed by atoms with Gasteiger partial charge in [-0.05, 0) is 56.3 Å². The Balaban J connectivity index is 1.78. The molecule has 0 radical (unpaired) electrons. The van der Waals surface area contributed by atoms with Gasteiger partial charge in [-0.1, -0.05) is 0 Å². The molecule has 1 N–H and O–H groups in total. The predicted octanol–water partition coefficient (Wildman–Crippen LogP) is 2.41. The van der Waals surface area contributed by atoms with E-state index in [2.05, 4.69) is 5.10 Å². The Bertz CT molecular complexity index is 569. The Morgan fingerprint density at radius 2 is 1.81 bits per heavy atom. The van der Waals surface area contributed by atoms with Crippen LogP contribution in [0.15, 0.2) is 6.20 Å². The first-order valence-electron chi connectivity index (χ1n) is 7.45. The van der Waals surface area contributed by atoms with Crippen LogP contribution >= 0.6 is 0 Å². The van der Waals surface area contributed by atoms with E-state index in [1.807, 2.05) is 0 Å². The van der Waals surface area contributed by atoms with Crippen LogP contribution in [0.4, 0.5) is 5.69 Å². The molecule has 112 valence electrons. The van der Waals surface area contributed by atoms with Crippen molar-refractivity contribution in [3.63, 3.8) is 0 Å². The summed E-state index contributed by atoms with van der Waals surface area (Å²) in [4.78, 5) is 21.6. The summed E-state index contributed by atoms with van der Waals surface area (Å²) in [7, 11) is 0. The molecule has 1 aromatic rings. The molecule has 1 heterocycles. The molecular weight excluding hydrogens is 274 g/mol. The second kappa shape index (κ2) is 4.05. The van der Waals surface area contributed by atoms with Gasteiger partial charge in [0.05, 0.1) is 10.5 Å². The van der Waals surface area contributed by atoms with Crippen molar-refractivity contribution in [3.8, 4) is 0 Å². The number of nitro groups is 1. The lowest BCUT2D eigenvalue weighted by molar-refractivity contribution is -0.385. The molecule has 4 aliphatic rings. The molecule has 21 heavy (non-hydrogen) atoms. The van der Waals surface area contributed by atoms with E-state index in [0.717, 1.165) is 19.3 Å². The third kappa shape index (κ3) is 1.79. The number of carboxylic acid groups (broad SMARTS) is 1. The summed E-state index contributed by atoms with van der Waals surface area (Å²) in [5.74, 6) is 0.693. The van der Waals surface area contributed by atoms with Gasteiger partial charge in [-0.25, -0.2) is 4.79 Å². The van der Waals surface area contributed by atoms with Gasteiger partial charge in [0.2, 0.25) is 5.69 Å². The maximum absolute atomic E-state index is 11.2. The summed E-state index contributed by atoms with van der Waals surface area (Å²) in [5, 5.41) is 24.3. The molecular formula is C14H17N3O4. The van der Waals surface area contributed by atoms with Gasteiger partial charge in [0, 0.05) is 0 Å². The largest absolute Gasteiger partial charge is 0.476 e. The minimum atomic E-state index is -1.33. The summed E-state index contributed by atoms with van der Waals surface area (Å²) < 4.78 is 1.62. The minimum Gasteiger partial charge on any atom is -0.476 e. The lowest BCUT2D eigenvalue weighted by Crippen LogP contribution is -2.52. The first kappa shape index (κ1) is 12.8. The van der Waals surface area contributed by atoms with Crippen LogP contribution in [0.1, 0.15) is 49.0 Å². The number of hydrogen-bond donors (Lipinski definition) is 1. The van der Waals surface area contributed by atoms with Crippen LogP contribution < -0.4 is 0 Å². The van der Waals surface area contributed by atoms with E-state index < -0.39 is 22.3 Å². The molecule has 0 aliphatic heterocycles. The van der Waals surface area contributed by atoms with E-state index in [-0.39, 0.29) is 5.54 Å². The highest BCUT2D eigenvalue weighted by molar-refractivity contribution is 5.89. The van der Waals surface area contributed by atoms with Crippen molar-refractivity contribution in [2.45, 2.75) is 44.1 Å². The predicted molar refractivity (Wildman–Crippen MR) is 72.0 cm³/mol. The van der Waals surface area contributed by atoms with Crippen molar-refractivity contribution in [2.24, 2.45) is 17.8 Å². The molecule has 4 saturated carbocycles. The molecule has 1 aromatic heterocycles. The quantitative estimate of drug-likeness (QED) is 0.681. The zero-order chi connectivity index (χ0) is 14.8. The number of carbonyl (C=O) groups is 1. The summed E-state index contributed by atoms with van der Waals surface area (Å²) in [5.41, 5.74) is -1.01. The van der Waals surface area contributed by atoms with Gasteiger partial charge in [0.1, 0.15) is 6.20 Å². The van der Waals surface area contributed by atoms with Crippen molar-refractivity contribution in [3.05, 3.63) is 22.0 Å². The molecule has 4 fully saturated rings. The van der Waals surface area contributed by atoms with Gasteiger partial charge in [-0.3, -0.25) is 14.8 Å². The maximum Gasteiger partial charge on any atom is 0.363 e. The average Bonchev–Trinajstić information content (AvgIpc) is 2.82. The third-order valence-corrected chi connectivity index (χ3v) is 5.59. The minimum absolute atomic E-state index is 0.187. The second-order valence-electron chi connectivity index (χ2n) is 7.01. The van der Waals surface area contributed by atoms with Crippen molar-refractivity contribution < 1.29 is 14.8 Å². The normalized spacial score (nSPS) is 36.9. The molecule has 5 rings (SSSR count). The molecule has 0 saturated heterocycles. The highest BCUT2D eigenvalue weighted by atomic mass is 16.6. The van der Waals surface area contributed by atoms with Gasteiger partial charge >= 0.3 is 11.7 Å². The molecule has 7 nitrogen and oxygen atoms in total. The molecule has 0 spiro atoms. The lowest BCUT2D eigenvalue weighted by atomic mass is 9.53. The second-order valence-corrected chi connectivity index (χ2v) is 7.01. The Morgan fingerprint density at radius 3 is 2.19 bits per heavy atom. The van der Waals surface area contributed by atoms with Gasteiger partial charge in [-0.15, -0.1) is 0 Å². The van der Waals surface area contributed by atoms with Crippen molar-refractivity contribution in [2.75, 3.05) is 0 Å². The molecule has 0 unspecified atom stereocenters. The zero-order valence-corrected chi connectivity index (χ0v) is 11.6. The first-order valence-corrected chi connectivity index (χ1v) is 7.45. The molecule has 7 heteroatoms. The highest BCUT2D eigenvalue weighted by Gasteiger charge is 2.53. The van der Waals surface area contributed by atoms with Crippen molar-refractivity contribution >= 4 is 11.7 Å². The number of nitrogens with zero attached hydrogens (tertiary/aromatic N) is 3. The van der Waals surface area contributed by atoms with Gasteiger partial charge in [0.25, 0.3) is 0 Å². The van der Waals surface area contributed by atoms with E-state index in [1.54, 1.807) is 4.68 Å². The molecule has 4 bridgehead atoms. The summed E-state index contributed by atoms with van der Waals surface area (Å²) in [6.07, 6.45) is 8.07. The summed E-state index contributed by atoms with van der Waals surface area (Å²) in [6.45, 7) is 0. The number of aromatic carboxylic acids is 1. The van der Waals surface area contributed by atoms with Crippen LogP contribution in [0.25, 0.3) is 0 Å². The third-order valence-electron chi connectivity index (χ3n) is 5.59. The van der Waals surface area contributed by atoms with Crippen LogP contribution in [-0.2, 0) is 5.54 Å². The first-order chi connectivity index (χ1) is 9.97. The van der Waals surface area contributed by atoms with Crippen LogP contribution in [0, 0.1) is 27.9 Å². The van der Waals surface area contributed by atoms with Crippen LogP contribution in [0.5, 0.6) is 0 Å². The number of aromatic nitrogens is 2. The fraction of sp³-hybridized carbons (Fsp3) is 0.714. The summed E-state index contributed by atoms with van der Waals surface area (Å²) >= 11 is 0. The van der Waals surface area contributed by atoms with Gasteiger partial charge in [0.15, 0.2) is 0 Å². The van der Waals surface area contributed by atoms with Crippen molar-refractivity contribution in [1.82, 2.24) is 9.78 Å². The van der Waals surface area contributed by atoms with Crippen LogP contribution in [-0.4, -0.2) is 25.8 Å². The molecule has 4 aliphatic carbocycles. The van der Waals surface area contributed by atoms with Crippen LogP contribution in [0.3, 0.4) is 0 Å². The van der Waals surface area contributed by atoms with E-state index in [1.165, 1.54) is 25.5 Å².